The van der Waals surface area contributed by atoms with Crippen LogP contribution in [0.3, 0.4) is 0 Å². The maximum absolute atomic E-state index is 12.1. The standard InChI is InChI=1S/C20H13BrCl2N2O5/c21-13-3-5-16(30-20(27)18-2-1-7-28-18)12(8-13)10-24-25-19(26)11-29-17-6-4-14(22)9-15(17)23/h1-10H,11H2,(H,25,26)/b24-10-. The summed E-state index contributed by atoms with van der Waals surface area (Å²) in [5.74, 6) is -0.552. The summed E-state index contributed by atoms with van der Waals surface area (Å²) in [6.07, 6.45) is 2.71. The van der Waals surface area contributed by atoms with Crippen molar-refractivity contribution in [3.05, 3.63) is 80.6 Å². The molecular formula is C20H13BrCl2N2O5. The number of nitrogens with one attached hydrogen (secondary N) is 1. The van der Waals surface area contributed by atoms with Crippen LogP contribution in [0.5, 0.6) is 11.5 Å². The lowest BCUT2D eigenvalue weighted by Gasteiger charge is -2.08. The number of hydrogen-bond donors (Lipinski definition) is 1. The first-order valence-electron chi connectivity index (χ1n) is 8.37. The number of carbonyl (C=O) groups excluding carboxylic acids is 2. The molecule has 0 saturated carbocycles. The van der Waals surface area contributed by atoms with Gasteiger partial charge in [-0.25, -0.2) is 10.2 Å². The summed E-state index contributed by atoms with van der Waals surface area (Å²) in [4.78, 5) is 24.0. The molecule has 0 bridgehead atoms. The summed E-state index contributed by atoms with van der Waals surface area (Å²) in [6, 6.07) is 12.7. The average Bonchev–Trinajstić information content (AvgIpc) is 3.24. The van der Waals surface area contributed by atoms with Gasteiger partial charge in [-0.15, -0.1) is 0 Å². The van der Waals surface area contributed by atoms with Gasteiger partial charge in [-0.05, 0) is 48.5 Å². The van der Waals surface area contributed by atoms with Crippen LogP contribution in [0.1, 0.15) is 16.1 Å². The number of ether oxygens (including phenoxy) is 2. The van der Waals surface area contributed by atoms with Crippen LogP contribution >= 0.6 is 39.1 Å². The molecule has 0 spiro atoms. The molecule has 10 heteroatoms. The van der Waals surface area contributed by atoms with Gasteiger partial charge in [0, 0.05) is 15.1 Å². The lowest BCUT2D eigenvalue weighted by molar-refractivity contribution is -0.123. The van der Waals surface area contributed by atoms with Gasteiger partial charge in [0.2, 0.25) is 5.76 Å². The molecule has 30 heavy (non-hydrogen) atoms. The molecule has 0 radical (unpaired) electrons. The zero-order chi connectivity index (χ0) is 21.5. The van der Waals surface area contributed by atoms with Gasteiger partial charge >= 0.3 is 5.97 Å². The van der Waals surface area contributed by atoms with E-state index >= 15 is 0 Å². The smallest absolute Gasteiger partial charge is 0.379 e. The summed E-state index contributed by atoms with van der Waals surface area (Å²) in [6.45, 7) is -0.308. The molecule has 0 saturated heterocycles. The van der Waals surface area contributed by atoms with Gasteiger partial charge in [-0.1, -0.05) is 39.1 Å². The van der Waals surface area contributed by atoms with Crippen LogP contribution < -0.4 is 14.9 Å². The topological polar surface area (TPSA) is 90.1 Å². The number of hydrogen-bond acceptors (Lipinski definition) is 6. The van der Waals surface area contributed by atoms with Crippen LogP contribution in [0.4, 0.5) is 0 Å². The van der Waals surface area contributed by atoms with E-state index in [1.807, 2.05) is 0 Å². The van der Waals surface area contributed by atoms with Gasteiger partial charge < -0.3 is 13.9 Å². The largest absolute Gasteiger partial charge is 0.482 e. The zero-order valence-corrected chi connectivity index (χ0v) is 18.2. The summed E-state index contributed by atoms with van der Waals surface area (Å²) >= 11 is 15.1. The first kappa shape index (κ1) is 21.9. The molecule has 3 rings (SSSR count). The van der Waals surface area contributed by atoms with E-state index in [4.69, 9.17) is 37.1 Å². The number of hydrazone groups is 1. The van der Waals surface area contributed by atoms with Gasteiger partial charge in [-0.3, -0.25) is 4.79 Å². The van der Waals surface area contributed by atoms with Crippen LogP contribution in [-0.2, 0) is 4.79 Å². The number of esters is 1. The summed E-state index contributed by atoms with van der Waals surface area (Å²) < 4.78 is 16.4. The van der Waals surface area contributed by atoms with Crippen molar-refractivity contribution in [2.75, 3.05) is 6.61 Å². The summed E-state index contributed by atoms with van der Waals surface area (Å²) in [5.41, 5.74) is 2.77. The predicted octanol–water partition coefficient (Wildman–Crippen LogP) is 5.10. The number of benzene rings is 2. The summed E-state index contributed by atoms with van der Waals surface area (Å²) in [5, 5.41) is 4.61. The Morgan fingerprint density at radius 3 is 2.67 bits per heavy atom. The fraction of sp³-hybridized carbons (Fsp3) is 0.0500. The highest BCUT2D eigenvalue weighted by Gasteiger charge is 2.14. The molecule has 2 aromatic carbocycles. The minimum absolute atomic E-state index is 0.0621. The third-order valence-corrected chi connectivity index (χ3v) is 4.57. The minimum Gasteiger partial charge on any atom is -0.482 e. The number of furan rings is 1. The lowest BCUT2D eigenvalue weighted by Crippen LogP contribution is -2.24. The van der Waals surface area contributed by atoms with Crippen LogP contribution in [-0.4, -0.2) is 24.7 Å². The fourth-order valence-electron chi connectivity index (χ4n) is 2.20. The van der Waals surface area contributed by atoms with Crippen molar-refractivity contribution in [3.63, 3.8) is 0 Å². The quantitative estimate of drug-likeness (QED) is 0.206. The van der Waals surface area contributed by atoms with Crippen molar-refractivity contribution >= 4 is 57.2 Å². The second-order valence-corrected chi connectivity index (χ2v) is 7.46. The Bertz CT molecular complexity index is 1090. The van der Waals surface area contributed by atoms with Gasteiger partial charge in [-0.2, -0.15) is 5.10 Å². The molecule has 7 nitrogen and oxygen atoms in total. The van der Waals surface area contributed by atoms with E-state index in [-0.39, 0.29) is 23.1 Å². The van der Waals surface area contributed by atoms with Crippen molar-refractivity contribution < 1.29 is 23.5 Å². The van der Waals surface area contributed by atoms with E-state index in [0.717, 1.165) is 4.47 Å². The Morgan fingerprint density at radius 2 is 1.93 bits per heavy atom. The molecule has 1 N–H and O–H groups in total. The Labute approximate surface area is 189 Å². The highest BCUT2D eigenvalue weighted by Crippen LogP contribution is 2.27. The van der Waals surface area contributed by atoms with Crippen LogP contribution in [0, 0.1) is 0 Å². The van der Waals surface area contributed by atoms with Crippen molar-refractivity contribution in [1.82, 2.24) is 5.43 Å². The first-order valence-corrected chi connectivity index (χ1v) is 9.92. The zero-order valence-electron chi connectivity index (χ0n) is 15.1. The van der Waals surface area contributed by atoms with Gasteiger partial charge in [0.1, 0.15) is 11.5 Å². The van der Waals surface area contributed by atoms with Crippen molar-refractivity contribution in [3.8, 4) is 11.5 Å². The Hall–Kier alpha value is -2.81. The molecule has 0 atom stereocenters. The number of nitrogens with zero attached hydrogens (tertiary/aromatic N) is 1. The maximum Gasteiger partial charge on any atom is 0.379 e. The van der Waals surface area contributed by atoms with Crippen molar-refractivity contribution in [2.24, 2.45) is 5.10 Å². The third-order valence-electron chi connectivity index (χ3n) is 3.54. The van der Waals surface area contributed by atoms with E-state index in [9.17, 15) is 9.59 Å². The number of rotatable bonds is 7. The molecule has 0 unspecified atom stereocenters. The Balaban J connectivity index is 1.60. The van der Waals surface area contributed by atoms with E-state index in [2.05, 4.69) is 26.5 Å². The highest BCUT2D eigenvalue weighted by atomic mass is 79.9. The Kier molecular flexibility index (Phi) is 7.51. The van der Waals surface area contributed by atoms with Gasteiger partial charge in [0.05, 0.1) is 17.5 Å². The average molecular weight is 512 g/mol. The van der Waals surface area contributed by atoms with Crippen LogP contribution in [0.25, 0.3) is 0 Å². The maximum atomic E-state index is 12.1. The third kappa shape index (κ3) is 6.09. The van der Waals surface area contributed by atoms with Gasteiger partial charge in [0.25, 0.3) is 5.91 Å². The van der Waals surface area contributed by atoms with E-state index < -0.39 is 11.9 Å². The molecule has 1 heterocycles. The molecule has 0 aliphatic carbocycles. The molecule has 1 aromatic heterocycles. The lowest BCUT2D eigenvalue weighted by atomic mass is 10.2. The van der Waals surface area contributed by atoms with Crippen LogP contribution in [0.2, 0.25) is 10.0 Å². The van der Waals surface area contributed by atoms with Gasteiger partial charge in [0.15, 0.2) is 6.61 Å². The first-order chi connectivity index (χ1) is 14.4. The molecule has 0 aliphatic heterocycles. The molecule has 0 aliphatic rings. The SMILES string of the molecule is O=C(COc1ccc(Cl)cc1Cl)N/N=C\c1cc(Br)ccc1OC(=O)c1ccco1. The van der Waals surface area contributed by atoms with Crippen molar-refractivity contribution in [2.45, 2.75) is 0 Å². The van der Waals surface area contributed by atoms with E-state index in [1.54, 1.807) is 36.4 Å². The molecular weight excluding hydrogens is 499 g/mol. The summed E-state index contributed by atoms with van der Waals surface area (Å²) in [7, 11) is 0. The second-order valence-electron chi connectivity index (χ2n) is 5.71. The monoisotopic (exact) mass is 510 g/mol. The Morgan fingerprint density at radius 1 is 1.13 bits per heavy atom. The highest BCUT2D eigenvalue weighted by molar-refractivity contribution is 9.10. The molecule has 3 aromatic rings. The minimum atomic E-state index is -0.658. The van der Waals surface area contributed by atoms with E-state index in [0.29, 0.717) is 16.3 Å². The fourth-order valence-corrected chi connectivity index (χ4v) is 3.04. The molecule has 0 fully saturated rings. The predicted molar refractivity (Wildman–Crippen MR) is 116 cm³/mol. The molecule has 154 valence electrons. The number of halogens is 3. The number of carbonyl (C=O) groups is 2. The van der Waals surface area contributed by atoms with E-state index in [1.165, 1.54) is 24.6 Å². The molecule has 1 amide bonds. The normalized spacial score (nSPS) is 10.8. The second kappa shape index (κ2) is 10.3. The number of amides is 1. The van der Waals surface area contributed by atoms with Crippen LogP contribution in [0.15, 0.2) is 68.8 Å². The van der Waals surface area contributed by atoms with Crippen molar-refractivity contribution in [1.29, 1.82) is 0 Å².